The molecule has 2 rings (SSSR count). The quantitative estimate of drug-likeness (QED) is 0.744. The number of halogens is 1. The minimum Gasteiger partial charge on any atom is -0.229 e. The standard InChI is InChI=1S/C16H24ClNO4S2/c1-18(11-13-6-4-3-5-7-13)24(21,22)16-10-15(17)9-8-14(16)12-23(2,19)20/h8-10,13H,3-7,11-12H2,1-2H3. The minimum absolute atomic E-state index is 0.0151. The van der Waals surface area contributed by atoms with Gasteiger partial charge in [-0.15, -0.1) is 0 Å². The van der Waals surface area contributed by atoms with Crippen molar-refractivity contribution < 1.29 is 16.8 Å². The number of benzene rings is 1. The molecule has 0 unspecified atom stereocenters. The van der Waals surface area contributed by atoms with E-state index < -0.39 is 19.9 Å². The van der Waals surface area contributed by atoms with Crippen molar-refractivity contribution in [2.45, 2.75) is 42.8 Å². The SMILES string of the molecule is CN(CC1CCCCC1)S(=O)(=O)c1cc(Cl)ccc1CS(C)(=O)=O. The summed E-state index contributed by atoms with van der Waals surface area (Å²) in [5, 5.41) is 0.275. The van der Waals surface area contributed by atoms with E-state index in [-0.39, 0.29) is 21.2 Å². The van der Waals surface area contributed by atoms with E-state index in [1.54, 1.807) is 7.05 Å². The number of rotatable bonds is 6. The van der Waals surface area contributed by atoms with Gasteiger partial charge < -0.3 is 0 Å². The summed E-state index contributed by atoms with van der Waals surface area (Å²) in [6.07, 6.45) is 6.63. The topological polar surface area (TPSA) is 71.5 Å². The molecule has 24 heavy (non-hydrogen) atoms. The van der Waals surface area contributed by atoms with Crippen molar-refractivity contribution in [2.75, 3.05) is 19.8 Å². The van der Waals surface area contributed by atoms with Gasteiger partial charge in [0, 0.05) is 24.9 Å². The van der Waals surface area contributed by atoms with E-state index in [1.165, 1.54) is 28.9 Å². The molecule has 0 amide bonds. The number of hydrogen-bond acceptors (Lipinski definition) is 4. The van der Waals surface area contributed by atoms with Crippen LogP contribution < -0.4 is 0 Å². The van der Waals surface area contributed by atoms with Crippen molar-refractivity contribution in [1.82, 2.24) is 4.31 Å². The molecule has 1 fully saturated rings. The van der Waals surface area contributed by atoms with Crippen LogP contribution in [0.4, 0.5) is 0 Å². The Bertz CT molecular complexity index is 784. The van der Waals surface area contributed by atoms with Crippen LogP contribution in [0.3, 0.4) is 0 Å². The van der Waals surface area contributed by atoms with E-state index in [0.29, 0.717) is 12.5 Å². The molecule has 1 aromatic rings. The van der Waals surface area contributed by atoms with Crippen LogP contribution in [-0.4, -0.2) is 41.0 Å². The summed E-state index contributed by atoms with van der Waals surface area (Å²) < 4.78 is 50.4. The van der Waals surface area contributed by atoms with Gasteiger partial charge in [0.1, 0.15) is 0 Å². The molecule has 0 radical (unpaired) electrons. The maximum Gasteiger partial charge on any atom is 0.243 e. The second kappa shape index (κ2) is 7.72. The second-order valence-electron chi connectivity index (χ2n) is 6.61. The molecule has 0 atom stereocenters. The Labute approximate surface area is 150 Å². The molecule has 0 aliphatic heterocycles. The van der Waals surface area contributed by atoms with Gasteiger partial charge in [-0.2, -0.15) is 0 Å². The van der Waals surface area contributed by atoms with E-state index in [9.17, 15) is 16.8 Å². The van der Waals surface area contributed by atoms with E-state index in [0.717, 1.165) is 31.9 Å². The summed E-state index contributed by atoms with van der Waals surface area (Å²) in [6, 6.07) is 4.34. The Balaban J connectivity index is 2.31. The van der Waals surface area contributed by atoms with Crippen LogP contribution in [0.25, 0.3) is 0 Å². The molecule has 0 aromatic heterocycles. The molecular weight excluding hydrogens is 370 g/mol. The van der Waals surface area contributed by atoms with Crippen molar-refractivity contribution in [2.24, 2.45) is 5.92 Å². The lowest BCUT2D eigenvalue weighted by Crippen LogP contribution is -2.33. The number of sulfone groups is 1. The Morgan fingerprint density at radius 1 is 1.12 bits per heavy atom. The first-order chi connectivity index (χ1) is 11.1. The van der Waals surface area contributed by atoms with Gasteiger partial charge in [-0.05, 0) is 36.5 Å². The Kier molecular flexibility index (Phi) is 6.34. The molecule has 0 bridgehead atoms. The predicted molar refractivity (Wildman–Crippen MR) is 96.4 cm³/mol. The Morgan fingerprint density at radius 3 is 2.33 bits per heavy atom. The Morgan fingerprint density at radius 2 is 1.75 bits per heavy atom. The molecule has 8 heteroatoms. The van der Waals surface area contributed by atoms with Gasteiger partial charge in [-0.3, -0.25) is 0 Å². The van der Waals surface area contributed by atoms with E-state index >= 15 is 0 Å². The van der Waals surface area contributed by atoms with Crippen LogP contribution in [0.2, 0.25) is 5.02 Å². The lowest BCUT2D eigenvalue weighted by Gasteiger charge is -2.27. The fourth-order valence-corrected chi connectivity index (χ4v) is 5.80. The van der Waals surface area contributed by atoms with Gasteiger partial charge in [-0.25, -0.2) is 21.1 Å². The molecule has 0 saturated heterocycles. The number of nitrogens with zero attached hydrogens (tertiary/aromatic N) is 1. The smallest absolute Gasteiger partial charge is 0.229 e. The van der Waals surface area contributed by atoms with E-state index in [2.05, 4.69) is 0 Å². The molecular formula is C16H24ClNO4S2. The molecule has 136 valence electrons. The van der Waals surface area contributed by atoms with Crippen LogP contribution in [0.5, 0.6) is 0 Å². The molecule has 1 aromatic carbocycles. The normalized spacial score (nSPS) is 17.3. The van der Waals surface area contributed by atoms with Crippen molar-refractivity contribution in [3.05, 3.63) is 28.8 Å². The number of hydrogen-bond donors (Lipinski definition) is 0. The van der Waals surface area contributed by atoms with Crippen LogP contribution in [-0.2, 0) is 25.6 Å². The summed E-state index contributed by atoms with van der Waals surface area (Å²) in [4.78, 5) is -0.0151. The summed E-state index contributed by atoms with van der Waals surface area (Å²) in [7, 11) is -5.58. The zero-order valence-corrected chi connectivity index (χ0v) is 16.4. The van der Waals surface area contributed by atoms with Crippen LogP contribution >= 0.6 is 11.6 Å². The minimum atomic E-state index is -3.78. The monoisotopic (exact) mass is 393 g/mol. The highest BCUT2D eigenvalue weighted by atomic mass is 35.5. The number of sulfonamides is 1. The van der Waals surface area contributed by atoms with Crippen molar-refractivity contribution in [1.29, 1.82) is 0 Å². The summed E-state index contributed by atoms with van der Waals surface area (Å²) >= 11 is 5.96. The van der Waals surface area contributed by atoms with Gasteiger partial charge in [0.15, 0.2) is 9.84 Å². The van der Waals surface area contributed by atoms with Crippen molar-refractivity contribution in [3.8, 4) is 0 Å². The first kappa shape index (κ1) is 19.7. The highest BCUT2D eigenvalue weighted by Crippen LogP contribution is 2.28. The zero-order valence-electron chi connectivity index (χ0n) is 14.0. The fourth-order valence-electron chi connectivity index (χ4n) is 3.17. The third kappa shape index (κ3) is 5.18. The highest BCUT2D eigenvalue weighted by Gasteiger charge is 2.28. The van der Waals surface area contributed by atoms with Crippen molar-refractivity contribution >= 4 is 31.5 Å². The van der Waals surface area contributed by atoms with Crippen LogP contribution in [0.1, 0.15) is 37.7 Å². The molecule has 1 saturated carbocycles. The highest BCUT2D eigenvalue weighted by molar-refractivity contribution is 7.90. The predicted octanol–water partition coefficient (Wildman–Crippen LogP) is 3.09. The van der Waals surface area contributed by atoms with Gasteiger partial charge in [0.2, 0.25) is 10.0 Å². The third-order valence-electron chi connectivity index (χ3n) is 4.38. The fraction of sp³-hybridized carbons (Fsp3) is 0.625. The van der Waals surface area contributed by atoms with Crippen LogP contribution in [0.15, 0.2) is 23.1 Å². The summed E-state index contributed by atoms with van der Waals surface area (Å²) in [6.45, 7) is 0.452. The third-order valence-corrected chi connectivity index (χ3v) is 7.35. The molecule has 5 nitrogen and oxygen atoms in total. The average Bonchev–Trinajstić information content (AvgIpc) is 2.48. The largest absolute Gasteiger partial charge is 0.243 e. The summed E-state index contributed by atoms with van der Waals surface area (Å²) in [5.41, 5.74) is 0.261. The van der Waals surface area contributed by atoms with Crippen LogP contribution in [0, 0.1) is 5.92 Å². The first-order valence-electron chi connectivity index (χ1n) is 8.02. The summed E-state index contributed by atoms with van der Waals surface area (Å²) in [5.74, 6) is 0.0341. The second-order valence-corrected chi connectivity index (χ2v) is 11.2. The molecule has 1 aliphatic rings. The van der Waals surface area contributed by atoms with Gasteiger partial charge >= 0.3 is 0 Å². The van der Waals surface area contributed by atoms with E-state index in [1.807, 2.05) is 0 Å². The van der Waals surface area contributed by atoms with E-state index in [4.69, 9.17) is 11.6 Å². The first-order valence-corrected chi connectivity index (χ1v) is 11.9. The van der Waals surface area contributed by atoms with Crippen molar-refractivity contribution in [3.63, 3.8) is 0 Å². The van der Waals surface area contributed by atoms with Gasteiger partial charge in [0.25, 0.3) is 0 Å². The zero-order chi connectivity index (χ0) is 18.0. The van der Waals surface area contributed by atoms with Gasteiger partial charge in [0.05, 0.1) is 10.6 Å². The molecule has 0 N–H and O–H groups in total. The maximum absolute atomic E-state index is 12.9. The lowest BCUT2D eigenvalue weighted by atomic mass is 9.89. The maximum atomic E-state index is 12.9. The lowest BCUT2D eigenvalue weighted by molar-refractivity contribution is 0.300. The molecule has 0 spiro atoms. The van der Waals surface area contributed by atoms with Gasteiger partial charge in [-0.1, -0.05) is 36.9 Å². The Hall–Kier alpha value is -0.630. The average molecular weight is 394 g/mol. The molecule has 0 heterocycles. The molecule has 1 aliphatic carbocycles.